The average Bonchev–Trinajstić information content (AvgIpc) is 3.28. The van der Waals surface area contributed by atoms with Crippen LogP contribution in [-0.2, 0) is 36.1 Å². The van der Waals surface area contributed by atoms with Crippen LogP contribution in [0.2, 0.25) is 0 Å². The highest BCUT2D eigenvalue weighted by molar-refractivity contribution is 5.77. The fraction of sp³-hybridized carbons (Fsp3) is 0.650. The summed E-state index contributed by atoms with van der Waals surface area (Å²) in [7, 11) is 2.02. The first-order valence-electron chi connectivity index (χ1n) is 10.1. The Labute approximate surface area is 165 Å². The van der Waals surface area contributed by atoms with Crippen molar-refractivity contribution in [1.29, 1.82) is 0 Å². The largest absolute Gasteiger partial charge is 0.373 e. The molecule has 8 heteroatoms. The van der Waals surface area contributed by atoms with Crippen molar-refractivity contribution in [2.24, 2.45) is 7.05 Å². The predicted octanol–water partition coefficient (Wildman–Crippen LogP) is 1.75. The lowest BCUT2D eigenvalue weighted by Crippen LogP contribution is -2.47. The lowest BCUT2D eigenvalue weighted by molar-refractivity contribution is -0.136. The van der Waals surface area contributed by atoms with Gasteiger partial charge in [0.25, 0.3) is 0 Å². The molecule has 152 valence electrons. The van der Waals surface area contributed by atoms with Crippen LogP contribution in [0.25, 0.3) is 0 Å². The quantitative estimate of drug-likeness (QED) is 0.778. The van der Waals surface area contributed by atoms with Gasteiger partial charge in [-0.3, -0.25) is 9.69 Å². The van der Waals surface area contributed by atoms with E-state index in [1.54, 1.807) is 0 Å². The summed E-state index contributed by atoms with van der Waals surface area (Å²) in [5, 5.41) is 4.02. The van der Waals surface area contributed by atoms with Gasteiger partial charge < -0.3 is 18.7 Å². The number of piperidine rings is 1. The molecule has 0 saturated carbocycles. The molecule has 2 fully saturated rings. The van der Waals surface area contributed by atoms with E-state index in [1.165, 1.54) is 5.69 Å². The van der Waals surface area contributed by atoms with E-state index in [4.69, 9.17) is 9.26 Å². The summed E-state index contributed by atoms with van der Waals surface area (Å²) in [6.07, 6.45) is 6.79. The Hall–Kier alpha value is -2.19. The molecule has 0 radical (unpaired) electrons. The molecule has 4 rings (SSSR count). The van der Waals surface area contributed by atoms with E-state index in [-0.39, 0.29) is 11.5 Å². The van der Waals surface area contributed by atoms with Crippen LogP contribution >= 0.6 is 0 Å². The van der Waals surface area contributed by atoms with E-state index in [0.717, 1.165) is 50.4 Å². The Morgan fingerprint density at radius 3 is 2.71 bits per heavy atom. The van der Waals surface area contributed by atoms with Crippen LogP contribution in [0.15, 0.2) is 23.1 Å². The van der Waals surface area contributed by atoms with Crippen LogP contribution in [0.1, 0.15) is 43.3 Å². The maximum absolute atomic E-state index is 12.9. The van der Waals surface area contributed by atoms with E-state index in [2.05, 4.69) is 19.6 Å². The number of ether oxygens (including phenoxy) is 1. The highest BCUT2D eigenvalue weighted by Crippen LogP contribution is 2.33. The van der Waals surface area contributed by atoms with Crippen LogP contribution in [0.5, 0.6) is 0 Å². The fourth-order valence-electron chi connectivity index (χ4n) is 4.09. The van der Waals surface area contributed by atoms with Gasteiger partial charge in [-0.1, -0.05) is 12.1 Å². The zero-order chi connectivity index (χ0) is 19.6. The summed E-state index contributed by atoms with van der Waals surface area (Å²) in [4.78, 5) is 21.4. The lowest BCUT2D eigenvalue weighted by Gasteiger charge is -2.40. The topological polar surface area (TPSA) is 76.6 Å². The second-order valence-electron chi connectivity index (χ2n) is 7.93. The minimum Gasteiger partial charge on any atom is -0.373 e. The van der Waals surface area contributed by atoms with Gasteiger partial charge in [0.2, 0.25) is 5.91 Å². The molecule has 0 atom stereocenters. The Balaban J connectivity index is 1.34. The molecule has 28 heavy (non-hydrogen) atoms. The normalized spacial score (nSPS) is 20.6. The van der Waals surface area contributed by atoms with Gasteiger partial charge >= 0.3 is 0 Å². The van der Waals surface area contributed by atoms with E-state index in [0.29, 0.717) is 26.1 Å². The number of hydrogen-bond acceptors (Lipinski definition) is 6. The number of imidazole rings is 1. The van der Waals surface area contributed by atoms with Crippen LogP contribution < -0.4 is 0 Å². The van der Waals surface area contributed by atoms with Crippen molar-refractivity contribution < 1.29 is 14.1 Å². The number of hydrogen-bond donors (Lipinski definition) is 0. The van der Waals surface area contributed by atoms with E-state index < -0.39 is 0 Å². The third-order valence-electron chi connectivity index (χ3n) is 5.98. The monoisotopic (exact) mass is 387 g/mol. The Kier molecular flexibility index (Phi) is 5.50. The summed E-state index contributed by atoms with van der Waals surface area (Å²) >= 11 is 0. The molecule has 0 aromatic carbocycles. The van der Waals surface area contributed by atoms with Crippen molar-refractivity contribution in [1.82, 2.24) is 24.5 Å². The first-order valence-corrected chi connectivity index (χ1v) is 10.1. The molecule has 0 unspecified atom stereocenters. The van der Waals surface area contributed by atoms with Crippen molar-refractivity contribution in [3.8, 4) is 0 Å². The Bertz CT molecular complexity index is 806. The zero-order valence-electron chi connectivity index (χ0n) is 16.8. The molecule has 0 bridgehead atoms. The van der Waals surface area contributed by atoms with Crippen molar-refractivity contribution >= 4 is 5.91 Å². The highest BCUT2D eigenvalue weighted by atomic mass is 16.5. The van der Waals surface area contributed by atoms with Gasteiger partial charge in [0, 0.05) is 45.5 Å². The first-order chi connectivity index (χ1) is 13.6. The summed E-state index contributed by atoms with van der Waals surface area (Å²) in [6, 6.07) is 1.94. The summed E-state index contributed by atoms with van der Waals surface area (Å²) < 4.78 is 13.7. The molecule has 4 heterocycles. The number of likely N-dealkylation sites (tertiary alicyclic amines) is 1. The second-order valence-corrected chi connectivity index (χ2v) is 7.93. The third kappa shape index (κ3) is 4.12. The standard InChI is InChI=1S/C20H29N5O3/c1-3-16-10-18(28-22-16)14-25-8-9-27-20(11-19(25)26)4-6-24(7-5-20)13-17-12-21-15-23(17)2/h10,12,15H,3-9,11,13-14H2,1-2H3. The maximum atomic E-state index is 12.9. The summed E-state index contributed by atoms with van der Waals surface area (Å²) in [5.41, 5.74) is 1.80. The number of aromatic nitrogens is 3. The van der Waals surface area contributed by atoms with Gasteiger partial charge in [0.15, 0.2) is 5.76 Å². The summed E-state index contributed by atoms with van der Waals surface area (Å²) in [6.45, 7) is 6.43. The molecular formula is C20H29N5O3. The molecule has 1 spiro atoms. The van der Waals surface area contributed by atoms with E-state index in [9.17, 15) is 4.79 Å². The van der Waals surface area contributed by atoms with Gasteiger partial charge in [0.1, 0.15) is 0 Å². The molecule has 0 N–H and O–H groups in total. The SMILES string of the molecule is CCc1cc(CN2CCOC3(CCN(Cc4cncn4C)CC3)CC2=O)on1. The first kappa shape index (κ1) is 19.1. The molecule has 1 amide bonds. The van der Waals surface area contributed by atoms with Gasteiger partial charge in [-0.05, 0) is 19.3 Å². The molecule has 0 aliphatic carbocycles. The van der Waals surface area contributed by atoms with Crippen LogP contribution in [0.4, 0.5) is 0 Å². The molecule has 2 aromatic rings. The average molecular weight is 387 g/mol. The van der Waals surface area contributed by atoms with Crippen molar-refractivity contribution in [3.63, 3.8) is 0 Å². The van der Waals surface area contributed by atoms with E-state index in [1.807, 2.05) is 37.5 Å². The zero-order valence-corrected chi connectivity index (χ0v) is 16.8. The predicted molar refractivity (Wildman–Crippen MR) is 102 cm³/mol. The summed E-state index contributed by atoms with van der Waals surface area (Å²) in [5.74, 6) is 0.888. The fourth-order valence-corrected chi connectivity index (χ4v) is 4.09. The molecule has 2 saturated heterocycles. The molecule has 2 aromatic heterocycles. The van der Waals surface area contributed by atoms with Crippen LogP contribution in [0, 0.1) is 0 Å². The van der Waals surface area contributed by atoms with Gasteiger partial charge in [-0.2, -0.15) is 0 Å². The van der Waals surface area contributed by atoms with Crippen LogP contribution in [-0.4, -0.2) is 62.3 Å². The minimum atomic E-state index is -0.329. The van der Waals surface area contributed by atoms with Gasteiger partial charge in [-0.25, -0.2) is 4.98 Å². The number of aryl methyl sites for hydroxylation is 2. The number of amides is 1. The third-order valence-corrected chi connectivity index (χ3v) is 5.98. The van der Waals surface area contributed by atoms with E-state index >= 15 is 0 Å². The molecule has 8 nitrogen and oxygen atoms in total. The van der Waals surface area contributed by atoms with Crippen molar-refractivity contribution in [2.75, 3.05) is 26.2 Å². The number of rotatable bonds is 5. The number of carbonyl (C=O) groups excluding carboxylic acids is 1. The van der Waals surface area contributed by atoms with Gasteiger partial charge in [-0.15, -0.1) is 0 Å². The Morgan fingerprint density at radius 1 is 1.21 bits per heavy atom. The Morgan fingerprint density at radius 2 is 2.04 bits per heavy atom. The van der Waals surface area contributed by atoms with Crippen molar-refractivity contribution in [3.05, 3.63) is 35.7 Å². The minimum absolute atomic E-state index is 0.145. The smallest absolute Gasteiger partial charge is 0.225 e. The van der Waals surface area contributed by atoms with Crippen molar-refractivity contribution in [2.45, 2.75) is 51.3 Å². The van der Waals surface area contributed by atoms with Gasteiger partial charge in [0.05, 0.1) is 42.9 Å². The number of carbonyl (C=O) groups is 1. The maximum Gasteiger partial charge on any atom is 0.225 e. The second kappa shape index (κ2) is 8.05. The molecular weight excluding hydrogens is 358 g/mol. The highest BCUT2D eigenvalue weighted by Gasteiger charge is 2.40. The lowest BCUT2D eigenvalue weighted by atomic mass is 9.87. The van der Waals surface area contributed by atoms with Crippen LogP contribution in [0.3, 0.4) is 0 Å². The number of nitrogens with zero attached hydrogens (tertiary/aromatic N) is 5. The molecule has 2 aliphatic rings. The molecule has 2 aliphatic heterocycles.